The van der Waals surface area contributed by atoms with Gasteiger partial charge in [-0.05, 0) is 60.4 Å². The number of carbonyl (C=O) groups is 3. The predicted molar refractivity (Wildman–Crippen MR) is 137 cm³/mol. The van der Waals surface area contributed by atoms with Crippen LogP contribution in [0.25, 0.3) is 0 Å². The minimum atomic E-state index is -0.885. The van der Waals surface area contributed by atoms with Crippen molar-refractivity contribution in [2.45, 2.75) is 20.4 Å². The highest BCUT2D eigenvalue weighted by molar-refractivity contribution is 6.35. The summed E-state index contributed by atoms with van der Waals surface area (Å²) in [6.07, 6.45) is 1.36. The fraction of sp³-hybridized carbons (Fsp3) is 0.185. The molecule has 0 bridgehead atoms. The normalized spacial score (nSPS) is 10.5. The van der Waals surface area contributed by atoms with Crippen molar-refractivity contribution in [2.75, 3.05) is 19.0 Å². The Morgan fingerprint density at radius 2 is 1.69 bits per heavy atom. The minimum absolute atomic E-state index is 0.203. The molecule has 0 saturated carbocycles. The molecule has 3 aromatic rings. The van der Waals surface area contributed by atoms with Gasteiger partial charge in [-0.2, -0.15) is 5.10 Å². The maximum Gasteiger partial charge on any atom is 0.329 e. The van der Waals surface area contributed by atoms with E-state index in [0.717, 1.165) is 22.4 Å². The molecular weight excluding hydrogens is 460 g/mol. The summed E-state index contributed by atoms with van der Waals surface area (Å²) in [5.41, 5.74) is 6.38. The van der Waals surface area contributed by atoms with Gasteiger partial charge in [-0.15, -0.1) is 0 Å². The van der Waals surface area contributed by atoms with Crippen LogP contribution in [0.3, 0.4) is 0 Å². The van der Waals surface area contributed by atoms with E-state index in [0.29, 0.717) is 17.1 Å². The molecule has 0 heterocycles. The van der Waals surface area contributed by atoms with Crippen LogP contribution in [0, 0.1) is 13.8 Å². The molecule has 0 atom stereocenters. The lowest BCUT2D eigenvalue weighted by Gasteiger charge is -2.12. The smallest absolute Gasteiger partial charge is 0.329 e. The first-order valence-electron chi connectivity index (χ1n) is 11.2. The lowest BCUT2D eigenvalue weighted by molar-refractivity contribution is -0.139. The Morgan fingerprint density at radius 1 is 0.917 bits per heavy atom. The average Bonchev–Trinajstić information content (AvgIpc) is 2.89. The molecule has 36 heavy (non-hydrogen) atoms. The Balaban J connectivity index is 1.50. The van der Waals surface area contributed by atoms with Crippen LogP contribution in [0.15, 0.2) is 71.8 Å². The van der Waals surface area contributed by atoms with Crippen molar-refractivity contribution >= 4 is 29.6 Å². The SMILES string of the molecule is COc1cc(/C=N/NC(=O)C(=O)NCc2ccccc2)ccc1OCC(=O)Nc1cc(C)ccc1C. The summed E-state index contributed by atoms with van der Waals surface area (Å²) in [6.45, 7) is 3.90. The number of hydrogen-bond donors (Lipinski definition) is 3. The Hall–Kier alpha value is -4.66. The largest absolute Gasteiger partial charge is 0.493 e. The van der Waals surface area contributed by atoms with Gasteiger partial charge in [-0.3, -0.25) is 14.4 Å². The van der Waals surface area contributed by atoms with Gasteiger partial charge in [0.15, 0.2) is 18.1 Å². The highest BCUT2D eigenvalue weighted by Crippen LogP contribution is 2.27. The number of nitrogens with zero attached hydrogens (tertiary/aromatic N) is 1. The van der Waals surface area contributed by atoms with Crippen molar-refractivity contribution in [2.24, 2.45) is 5.10 Å². The van der Waals surface area contributed by atoms with Crippen molar-refractivity contribution in [3.05, 3.63) is 89.0 Å². The zero-order valence-corrected chi connectivity index (χ0v) is 20.3. The summed E-state index contributed by atoms with van der Waals surface area (Å²) in [7, 11) is 1.47. The van der Waals surface area contributed by atoms with Gasteiger partial charge in [0.1, 0.15) is 0 Å². The lowest BCUT2D eigenvalue weighted by atomic mass is 10.1. The number of methoxy groups -OCH3 is 1. The number of hydrazone groups is 1. The van der Waals surface area contributed by atoms with E-state index in [1.165, 1.54) is 13.3 Å². The Morgan fingerprint density at radius 3 is 2.44 bits per heavy atom. The summed E-state index contributed by atoms with van der Waals surface area (Å²) in [6, 6.07) is 20.0. The van der Waals surface area contributed by atoms with Crippen molar-refractivity contribution in [1.82, 2.24) is 10.7 Å². The molecule has 186 valence electrons. The molecule has 0 aliphatic carbocycles. The molecule has 0 aliphatic heterocycles. The number of ether oxygens (including phenoxy) is 2. The molecule has 0 spiro atoms. The molecule has 3 N–H and O–H groups in total. The second kappa shape index (κ2) is 12.7. The molecule has 9 nitrogen and oxygen atoms in total. The van der Waals surface area contributed by atoms with Gasteiger partial charge < -0.3 is 20.1 Å². The number of hydrogen-bond acceptors (Lipinski definition) is 6. The van der Waals surface area contributed by atoms with Crippen LogP contribution in [0.2, 0.25) is 0 Å². The van der Waals surface area contributed by atoms with E-state index in [2.05, 4.69) is 21.2 Å². The Labute approximate surface area is 209 Å². The van der Waals surface area contributed by atoms with E-state index in [4.69, 9.17) is 9.47 Å². The molecule has 9 heteroatoms. The molecule has 0 aromatic heterocycles. The molecule has 0 radical (unpaired) electrons. The molecule has 0 saturated heterocycles. The molecule has 0 fully saturated rings. The van der Waals surface area contributed by atoms with Crippen molar-refractivity contribution < 1.29 is 23.9 Å². The number of amides is 3. The van der Waals surface area contributed by atoms with Crippen LogP contribution < -0.4 is 25.5 Å². The molecule has 0 unspecified atom stereocenters. The number of rotatable bonds is 9. The molecule has 0 aliphatic rings. The number of benzene rings is 3. The van der Waals surface area contributed by atoms with Crippen LogP contribution in [-0.2, 0) is 20.9 Å². The first-order valence-corrected chi connectivity index (χ1v) is 11.2. The fourth-order valence-electron chi connectivity index (χ4n) is 3.16. The van der Waals surface area contributed by atoms with Crippen LogP contribution in [0.4, 0.5) is 5.69 Å². The van der Waals surface area contributed by atoms with E-state index >= 15 is 0 Å². The summed E-state index contributed by atoms with van der Waals surface area (Å²) < 4.78 is 11.0. The van der Waals surface area contributed by atoms with Gasteiger partial charge in [-0.25, -0.2) is 5.43 Å². The van der Waals surface area contributed by atoms with Crippen LogP contribution in [-0.4, -0.2) is 37.7 Å². The quantitative estimate of drug-likeness (QED) is 0.243. The van der Waals surface area contributed by atoms with Crippen molar-refractivity contribution in [3.8, 4) is 11.5 Å². The average molecular weight is 489 g/mol. The van der Waals surface area contributed by atoms with Gasteiger partial charge in [-0.1, -0.05) is 42.5 Å². The number of nitrogens with one attached hydrogen (secondary N) is 3. The third-order valence-electron chi connectivity index (χ3n) is 5.10. The van der Waals surface area contributed by atoms with Gasteiger partial charge in [0.25, 0.3) is 5.91 Å². The summed E-state index contributed by atoms with van der Waals surface area (Å²) in [5.74, 6) is -1.23. The predicted octanol–water partition coefficient (Wildman–Crippen LogP) is 3.10. The lowest BCUT2D eigenvalue weighted by Crippen LogP contribution is -2.37. The van der Waals surface area contributed by atoms with Gasteiger partial charge in [0, 0.05) is 12.2 Å². The number of anilines is 1. The molecule has 3 aromatic carbocycles. The second-order valence-electron chi connectivity index (χ2n) is 7.93. The van der Waals surface area contributed by atoms with Crippen LogP contribution in [0.5, 0.6) is 11.5 Å². The number of carbonyl (C=O) groups excluding carboxylic acids is 3. The maximum absolute atomic E-state index is 12.3. The van der Waals surface area contributed by atoms with Crippen LogP contribution >= 0.6 is 0 Å². The Bertz CT molecular complexity index is 1260. The van der Waals surface area contributed by atoms with E-state index in [1.807, 2.05) is 62.4 Å². The molecule has 3 rings (SSSR count). The van der Waals surface area contributed by atoms with Gasteiger partial charge in [0.05, 0.1) is 13.3 Å². The summed E-state index contributed by atoms with van der Waals surface area (Å²) >= 11 is 0. The van der Waals surface area contributed by atoms with Crippen molar-refractivity contribution in [1.29, 1.82) is 0 Å². The van der Waals surface area contributed by atoms with Crippen LogP contribution in [0.1, 0.15) is 22.3 Å². The first-order chi connectivity index (χ1) is 17.4. The summed E-state index contributed by atoms with van der Waals surface area (Å²) in [5, 5.41) is 9.17. The summed E-state index contributed by atoms with van der Waals surface area (Å²) in [4.78, 5) is 36.2. The zero-order chi connectivity index (χ0) is 25.9. The van der Waals surface area contributed by atoms with E-state index in [9.17, 15) is 14.4 Å². The minimum Gasteiger partial charge on any atom is -0.493 e. The fourth-order valence-corrected chi connectivity index (χ4v) is 3.16. The monoisotopic (exact) mass is 488 g/mol. The standard InChI is InChI=1S/C27H28N4O5/c1-18-9-10-19(2)22(13-18)30-25(32)17-36-23-12-11-21(14-24(23)35-3)16-29-31-27(34)26(33)28-15-20-7-5-4-6-8-20/h4-14,16H,15,17H2,1-3H3,(H,28,33)(H,30,32)(H,31,34)/b29-16+. The zero-order valence-electron chi connectivity index (χ0n) is 20.3. The third-order valence-corrected chi connectivity index (χ3v) is 5.10. The molecular formula is C27H28N4O5. The van der Waals surface area contributed by atoms with Gasteiger partial charge >= 0.3 is 11.8 Å². The highest BCUT2D eigenvalue weighted by Gasteiger charge is 2.12. The molecule has 3 amide bonds. The van der Waals surface area contributed by atoms with E-state index in [1.54, 1.807) is 18.2 Å². The van der Waals surface area contributed by atoms with E-state index in [-0.39, 0.29) is 19.1 Å². The third kappa shape index (κ3) is 7.69. The maximum atomic E-state index is 12.3. The second-order valence-corrected chi connectivity index (χ2v) is 7.93. The number of aryl methyl sites for hydroxylation is 2. The van der Waals surface area contributed by atoms with E-state index < -0.39 is 11.8 Å². The van der Waals surface area contributed by atoms with Crippen molar-refractivity contribution in [3.63, 3.8) is 0 Å². The topological polar surface area (TPSA) is 118 Å². The first kappa shape index (κ1) is 26.0. The highest BCUT2D eigenvalue weighted by atomic mass is 16.5. The van der Waals surface area contributed by atoms with Gasteiger partial charge in [0.2, 0.25) is 0 Å². The Kier molecular flexibility index (Phi) is 9.16.